The van der Waals surface area contributed by atoms with E-state index in [2.05, 4.69) is 10.4 Å². The number of carbonyl (C=O) groups is 1. The van der Waals surface area contributed by atoms with Crippen molar-refractivity contribution in [1.82, 2.24) is 9.66 Å². The minimum absolute atomic E-state index is 0.0548. The molecule has 0 unspecified atom stereocenters. The number of nitrogens with one attached hydrogen (secondary N) is 1. The highest BCUT2D eigenvalue weighted by Crippen LogP contribution is 2.33. The van der Waals surface area contributed by atoms with Gasteiger partial charge in [0.1, 0.15) is 17.1 Å². The molecule has 0 atom stereocenters. The number of halogens is 1. The fourth-order valence-corrected chi connectivity index (χ4v) is 4.61. The van der Waals surface area contributed by atoms with E-state index in [0.29, 0.717) is 39.3 Å². The first-order valence-corrected chi connectivity index (χ1v) is 13.4. The van der Waals surface area contributed by atoms with Crippen molar-refractivity contribution in [1.29, 1.82) is 0 Å². The van der Waals surface area contributed by atoms with Gasteiger partial charge in [-0.25, -0.2) is 9.37 Å². The van der Waals surface area contributed by atoms with Crippen LogP contribution in [0.5, 0.6) is 17.2 Å². The number of furan rings is 1. The highest BCUT2D eigenvalue weighted by atomic mass is 19.1. The van der Waals surface area contributed by atoms with Crippen LogP contribution >= 0.6 is 0 Å². The van der Waals surface area contributed by atoms with E-state index in [4.69, 9.17) is 23.6 Å². The highest BCUT2D eigenvalue weighted by Gasteiger charge is 2.18. The van der Waals surface area contributed by atoms with Gasteiger partial charge < -0.3 is 23.9 Å². The van der Waals surface area contributed by atoms with Crippen LogP contribution in [0.25, 0.3) is 33.5 Å². The molecule has 0 spiro atoms. The second-order valence-corrected chi connectivity index (χ2v) is 9.52. The Bertz CT molecular complexity index is 2100. The molecule has 0 saturated heterocycles. The summed E-state index contributed by atoms with van der Waals surface area (Å²) in [7, 11) is 3.02. The molecule has 0 fully saturated rings. The molecule has 2 aromatic heterocycles. The summed E-state index contributed by atoms with van der Waals surface area (Å²) in [5, 5.41) is 8.06. The van der Waals surface area contributed by atoms with Gasteiger partial charge in [-0.05, 0) is 66.2 Å². The third-order valence-corrected chi connectivity index (χ3v) is 6.73. The Labute approximate surface area is 249 Å². The SMILES string of the molecule is COc1cc(C=Nn2c(-c3cc4c(OC)cccc4o3)nc3ccccc3c2=O)ccc1OCC(=O)Nc1ccccc1F. The Hall–Kier alpha value is -5.97. The predicted octanol–water partition coefficient (Wildman–Crippen LogP) is 5.87. The number of aromatic nitrogens is 2. The minimum Gasteiger partial charge on any atom is -0.496 e. The van der Waals surface area contributed by atoms with Crippen LogP contribution in [0.1, 0.15) is 5.56 Å². The first-order chi connectivity index (χ1) is 21.4. The third-order valence-electron chi connectivity index (χ3n) is 6.73. The third kappa shape index (κ3) is 5.58. The molecule has 0 aliphatic rings. The molecule has 0 bridgehead atoms. The molecule has 4 aromatic carbocycles. The molecule has 44 heavy (non-hydrogen) atoms. The lowest BCUT2D eigenvalue weighted by atomic mass is 10.2. The maximum atomic E-state index is 13.9. The standard InChI is InChI=1S/C33H25FN4O6/c1-41-26-12-7-13-27-22(26)17-30(44-27)32-37-24-10-5-3-8-21(24)33(40)38(32)35-18-20-14-15-28(29(16-20)42-2)43-19-31(39)36-25-11-6-4-9-23(25)34/h3-18H,19H2,1-2H3,(H,36,39). The second-order valence-electron chi connectivity index (χ2n) is 9.52. The van der Waals surface area contributed by atoms with Gasteiger partial charge >= 0.3 is 0 Å². The van der Waals surface area contributed by atoms with Crippen molar-refractivity contribution in [2.24, 2.45) is 5.10 Å². The molecule has 0 saturated carbocycles. The molecule has 6 aromatic rings. The summed E-state index contributed by atoms with van der Waals surface area (Å²) in [6.45, 7) is -0.373. The number of methoxy groups -OCH3 is 2. The van der Waals surface area contributed by atoms with Gasteiger partial charge in [0.05, 0.1) is 42.4 Å². The zero-order chi connectivity index (χ0) is 30.6. The summed E-state index contributed by atoms with van der Waals surface area (Å²) in [4.78, 5) is 30.6. The van der Waals surface area contributed by atoms with Crippen molar-refractivity contribution >= 4 is 39.7 Å². The zero-order valence-electron chi connectivity index (χ0n) is 23.6. The second kappa shape index (κ2) is 12.1. The summed E-state index contributed by atoms with van der Waals surface area (Å²) < 4.78 is 37.6. The van der Waals surface area contributed by atoms with Gasteiger partial charge in [0.25, 0.3) is 11.5 Å². The molecular formula is C33H25FN4O6. The zero-order valence-corrected chi connectivity index (χ0v) is 23.6. The number of nitrogens with zero attached hydrogens (tertiary/aromatic N) is 3. The minimum atomic E-state index is -0.550. The number of anilines is 1. The lowest BCUT2D eigenvalue weighted by molar-refractivity contribution is -0.118. The maximum absolute atomic E-state index is 13.9. The molecule has 0 aliphatic heterocycles. The fraction of sp³-hybridized carbons (Fsp3) is 0.0909. The number of hydrogen-bond acceptors (Lipinski definition) is 8. The van der Waals surface area contributed by atoms with Gasteiger partial charge in [0, 0.05) is 0 Å². The lowest BCUT2D eigenvalue weighted by Gasteiger charge is -2.12. The van der Waals surface area contributed by atoms with Crippen molar-refractivity contribution in [3.05, 3.63) is 113 Å². The number of carbonyl (C=O) groups excluding carboxylic acids is 1. The quantitative estimate of drug-likeness (QED) is 0.209. The number of hydrogen-bond donors (Lipinski definition) is 1. The van der Waals surface area contributed by atoms with Crippen molar-refractivity contribution < 1.29 is 27.8 Å². The topological polar surface area (TPSA) is 117 Å². The van der Waals surface area contributed by atoms with Crippen molar-refractivity contribution in [2.75, 3.05) is 26.1 Å². The van der Waals surface area contributed by atoms with E-state index in [-0.39, 0.29) is 29.4 Å². The molecule has 10 nitrogen and oxygen atoms in total. The molecule has 6 rings (SSSR count). The Morgan fingerprint density at radius 3 is 2.55 bits per heavy atom. The number of fused-ring (bicyclic) bond motifs is 2. The molecular weight excluding hydrogens is 567 g/mol. The van der Waals surface area contributed by atoms with E-state index in [1.165, 1.54) is 36.2 Å². The van der Waals surface area contributed by atoms with Gasteiger partial charge in [-0.1, -0.05) is 30.3 Å². The lowest BCUT2D eigenvalue weighted by Crippen LogP contribution is -2.21. The smallest absolute Gasteiger partial charge is 0.282 e. The highest BCUT2D eigenvalue weighted by molar-refractivity contribution is 5.92. The first kappa shape index (κ1) is 28.2. The summed E-state index contributed by atoms with van der Waals surface area (Å²) >= 11 is 0. The Morgan fingerprint density at radius 2 is 1.73 bits per heavy atom. The fourth-order valence-electron chi connectivity index (χ4n) is 4.61. The van der Waals surface area contributed by atoms with Gasteiger partial charge in [-0.15, -0.1) is 0 Å². The molecule has 1 N–H and O–H groups in total. The van der Waals surface area contributed by atoms with E-state index in [9.17, 15) is 14.0 Å². The van der Waals surface area contributed by atoms with E-state index in [0.717, 1.165) is 5.39 Å². The van der Waals surface area contributed by atoms with Crippen LogP contribution in [-0.2, 0) is 4.79 Å². The van der Waals surface area contributed by atoms with E-state index >= 15 is 0 Å². The van der Waals surface area contributed by atoms with Crippen LogP contribution in [-0.4, -0.2) is 42.6 Å². The monoisotopic (exact) mass is 592 g/mol. The number of benzene rings is 4. The van der Waals surface area contributed by atoms with Gasteiger partial charge in [-0.2, -0.15) is 9.78 Å². The van der Waals surface area contributed by atoms with Crippen molar-refractivity contribution in [2.45, 2.75) is 0 Å². The molecule has 1 amide bonds. The van der Waals surface area contributed by atoms with E-state index < -0.39 is 11.7 Å². The normalized spacial score (nSPS) is 11.2. The van der Waals surface area contributed by atoms with Gasteiger partial charge in [0.15, 0.2) is 23.9 Å². The van der Waals surface area contributed by atoms with Crippen LogP contribution in [0.2, 0.25) is 0 Å². The Kier molecular flexibility index (Phi) is 7.75. The predicted molar refractivity (Wildman–Crippen MR) is 164 cm³/mol. The van der Waals surface area contributed by atoms with Gasteiger partial charge in [-0.3, -0.25) is 9.59 Å². The number of rotatable bonds is 9. The average molecular weight is 593 g/mol. The molecule has 220 valence electrons. The van der Waals surface area contributed by atoms with E-state index in [1.807, 2.05) is 12.1 Å². The summed E-state index contributed by atoms with van der Waals surface area (Å²) in [6.07, 6.45) is 1.47. The molecule has 0 aliphatic carbocycles. The Morgan fingerprint density at radius 1 is 0.932 bits per heavy atom. The van der Waals surface area contributed by atoms with Gasteiger partial charge in [0.2, 0.25) is 5.82 Å². The first-order valence-electron chi connectivity index (χ1n) is 13.4. The summed E-state index contributed by atoms with van der Waals surface area (Å²) in [5.41, 5.74) is 1.30. The van der Waals surface area contributed by atoms with Crippen LogP contribution in [0.15, 0.2) is 105 Å². The van der Waals surface area contributed by atoms with Crippen molar-refractivity contribution in [3.8, 4) is 28.8 Å². The largest absolute Gasteiger partial charge is 0.496 e. The molecule has 2 heterocycles. The van der Waals surface area contributed by atoms with Crippen LogP contribution in [0, 0.1) is 5.82 Å². The number of para-hydroxylation sites is 2. The molecule has 0 radical (unpaired) electrons. The maximum Gasteiger partial charge on any atom is 0.282 e. The Balaban J connectivity index is 1.30. The van der Waals surface area contributed by atoms with Crippen LogP contribution in [0.3, 0.4) is 0 Å². The van der Waals surface area contributed by atoms with Crippen LogP contribution in [0.4, 0.5) is 10.1 Å². The molecule has 11 heteroatoms. The number of amides is 1. The summed E-state index contributed by atoms with van der Waals surface area (Å²) in [6, 6.07) is 24.9. The average Bonchev–Trinajstić information content (AvgIpc) is 3.49. The number of ether oxygens (including phenoxy) is 3. The van der Waals surface area contributed by atoms with Crippen molar-refractivity contribution in [3.63, 3.8) is 0 Å². The van der Waals surface area contributed by atoms with E-state index in [1.54, 1.807) is 67.8 Å². The summed E-state index contributed by atoms with van der Waals surface area (Å²) in [5.74, 6) is 0.675. The van der Waals surface area contributed by atoms with Crippen LogP contribution < -0.4 is 25.1 Å².